The summed E-state index contributed by atoms with van der Waals surface area (Å²) in [5.41, 5.74) is 5.55. The van der Waals surface area contributed by atoms with E-state index in [1.54, 1.807) is 0 Å². The fourth-order valence-electron chi connectivity index (χ4n) is 2.35. The van der Waals surface area contributed by atoms with E-state index in [1.165, 1.54) is 0 Å². The number of carbonyl (C=O) groups excluding carboxylic acids is 1. The number of hydrogen-bond acceptors (Lipinski definition) is 2. The van der Waals surface area contributed by atoms with Crippen LogP contribution in [0.25, 0.3) is 0 Å². The smallest absolute Gasteiger partial charge is 0.320 e. The SMILES string of the molecule is CC(C)CN(CCC(N)=S)C(=O)N1CCC(C)CC1. The van der Waals surface area contributed by atoms with Gasteiger partial charge in [0, 0.05) is 32.6 Å². The first-order valence-corrected chi connectivity index (χ1v) is 7.63. The molecular formula is C14H27N3OS. The van der Waals surface area contributed by atoms with Gasteiger partial charge < -0.3 is 15.5 Å². The maximum absolute atomic E-state index is 12.5. The molecule has 1 aliphatic heterocycles. The maximum atomic E-state index is 12.5. The van der Waals surface area contributed by atoms with Gasteiger partial charge in [0.1, 0.15) is 0 Å². The molecule has 5 heteroatoms. The largest absolute Gasteiger partial charge is 0.393 e. The minimum absolute atomic E-state index is 0.150. The number of piperidine rings is 1. The quantitative estimate of drug-likeness (QED) is 0.790. The Morgan fingerprint density at radius 2 is 2.00 bits per heavy atom. The van der Waals surface area contributed by atoms with Crippen LogP contribution in [0, 0.1) is 11.8 Å². The standard InChI is InChI=1S/C14H27N3OS/c1-11(2)10-17(9-6-13(15)19)14(18)16-7-4-12(3)5-8-16/h11-12H,4-10H2,1-3H3,(H2,15,19). The highest BCUT2D eigenvalue weighted by molar-refractivity contribution is 7.80. The third-order valence-corrected chi connectivity index (χ3v) is 3.74. The van der Waals surface area contributed by atoms with Crippen LogP contribution >= 0.6 is 12.2 Å². The van der Waals surface area contributed by atoms with Gasteiger partial charge in [-0.1, -0.05) is 33.0 Å². The van der Waals surface area contributed by atoms with Crippen molar-refractivity contribution in [2.75, 3.05) is 26.2 Å². The summed E-state index contributed by atoms with van der Waals surface area (Å²) in [6.45, 7) is 9.66. The minimum Gasteiger partial charge on any atom is -0.393 e. The Kier molecular flexibility index (Phi) is 6.55. The van der Waals surface area contributed by atoms with Crippen molar-refractivity contribution in [2.45, 2.75) is 40.0 Å². The average molecular weight is 285 g/mol. The van der Waals surface area contributed by atoms with Gasteiger partial charge in [0.25, 0.3) is 0 Å². The van der Waals surface area contributed by atoms with Gasteiger partial charge in [-0.15, -0.1) is 0 Å². The second-order valence-corrected chi connectivity index (χ2v) is 6.53. The van der Waals surface area contributed by atoms with Gasteiger partial charge in [-0.05, 0) is 24.7 Å². The Balaban J connectivity index is 2.56. The van der Waals surface area contributed by atoms with E-state index in [2.05, 4.69) is 20.8 Å². The number of hydrogen-bond donors (Lipinski definition) is 1. The van der Waals surface area contributed by atoms with E-state index in [0.717, 1.165) is 38.4 Å². The van der Waals surface area contributed by atoms with E-state index in [1.807, 2.05) is 9.80 Å². The first-order chi connectivity index (χ1) is 8.90. The molecule has 0 radical (unpaired) electrons. The lowest BCUT2D eigenvalue weighted by atomic mass is 9.99. The number of nitrogens with zero attached hydrogens (tertiary/aromatic N) is 2. The molecule has 110 valence electrons. The van der Waals surface area contributed by atoms with Crippen LogP contribution in [0.3, 0.4) is 0 Å². The first-order valence-electron chi connectivity index (χ1n) is 7.22. The molecule has 0 saturated carbocycles. The normalized spacial score (nSPS) is 16.7. The summed E-state index contributed by atoms with van der Waals surface area (Å²) in [7, 11) is 0. The zero-order valence-electron chi connectivity index (χ0n) is 12.4. The predicted molar refractivity (Wildman–Crippen MR) is 83.2 cm³/mol. The first kappa shape index (κ1) is 16.2. The lowest BCUT2D eigenvalue weighted by Crippen LogP contribution is -2.48. The van der Waals surface area contributed by atoms with Crippen LogP contribution in [0.2, 0.25) is 0 Å². The summed E-state index contributed by atoms with van der Waals surface area (Å²) in [4.78, 5) is 16.9. The Morgan fingerprint density at radius 3 is 2.47 bits per heavy atom. The molecule has 0 bridgehead atoms. The summed E-state index contributed by atoms with van der Waals surface area (Å²) >= 11 is 4.91. The van der Waals surface area contributed by atoms with Crippen LogP contribution in [0.15, 0.2) is 0 Å². The molecular weight excluding hydrogens is 258 g/mol. The molecule has 4 nitrogen and oxygen atoms in total. The molecule has 0 aromatic carbocycles. The van der Waals surface area contributed by atoms with Crippen LogP contribution in [0.4, 0.5) is 4.79 Å². The number of amides is 2. The van der Waals surface area contributed by atoms with E-state index in [0.29, 0.717) is 23.9 Å². The number of thiocarbonyl (C=S) groups is 1. The highest BCUT2D eigenvalue weighted by Crippen LogP contribution is 2.17. The molecule has 1 fully saturated rings. The minimum atomic E-state index is 0.150. The Bertz CT molecular complexity index is 312. The molecule has 1 rings (SSSR count). The van der Waals surface area contributed by atoms with Crippen LogP contribution in [0.5, 0.6) is 0 Å². The molecule has 1 saturated heterocycles. The molecule has 19 heavy (non-hydrogen) atoms. The molecule has 0 aromatic heterocycles. The lowest BCUT2D eigenvalue weighted by molar-refractivity contribution is 0.131. The molecule has 1 aliphatic rings. The van der Waals surface area contributed by atoms with Crippen molar-refractivity contribution >= 4 is 23.2 Å². The summed E-state index contributed by atoms with van der Waals surface area (Å²) in [6, 6.07) is 0.150. The monoisotopic (exact) mass is 285 g/mol. The molecule has 2 amide bonds. The summed E-state index contributed by atoms with van der Waals surface area (Å²) in [5.74, 6) is 1.19. The van der Waals surface area contributed by atoms with Crippen molar-refractivity contribution in [1.29, 1.82) is 0 Å². The number of likely N-dealkylation sites (tertiary alicyclic amines) is 1. The second kappa shape index (κ2) is 7.68. The van der Waals surface area contributed by atoms with Crippen molar-refractivity contribution in [1.82, 2.24) is 9.80 Å². The van der Waals surface area contributed by atoms with Crippen molar-refractivity contribution in [3.63, 3.8) is 0 Å². The number of rotatable bonds is 5. The van der Waals surface area contributed by atoms with Crippen LogP contribution in [-0.4, -0.2) is 47.0 Å². The molecule has 0 aromatic rings. The molecule has 0 spiro atoms. The summed E-state index contributed by atoms with van der Waals surface area (Å²) in [5, 5.41) is 0. The van der Waals surface area contributed by atoms with Crippen molar-refractivity contribution in [3.8, 4) is 0 Å². The number of nitrogens with two attached hydrogens (primary N) is 1. The Hall–Kier alpha value is -0.840. The van der Waals surface area contributed by atoms with Crippen LogP contribution in [0.1, 0.15) is 40.0 Å². The molecule has 0 atom stereocenters. The number of carbonyl (C=O) groups is 1. The molecule has 2 N–H and O–H groups in total. The fraction of sp³-hybridized carbons (Fsp3) is 0.857. The predicted octanol–water partition coefficient (Wildman–Crippen LogP) is 2.47. The Labute approximate surface area is 122 Å². The summed E-state index contributed by atoms with van der Waals surface area (Å²) < 4.78 is 0. The molecule has 1 heterocycles. The Morgan fingerprint density at radius 1 is 1.42 bits per heavy atom. The highest BCUT2D eigenvalue weighted by atomic mass is 32.1. The van der Waals surface area contributed by atoms with Crippen molar-refractivity contribution in [2.24, 2.45) is 17.6 Å². The van der Waals surface area contributed by atoms with E-state index in [-0.39, 0.29) is 6.03 Å². The van der Waals surface area contributed by atoms with Crippen molar-refractivity contribution in [3.05, 3.63) is 0 Å². The van der Waals surface area contributed by atoms with E-state index in [9.17, 15) is 4.79 Å². The van der Waals surface area contributed by atoms with Gasteiger partial charge in [0.2, 0.25) is 0 Å². The second-order valence-electron chi connectivity index (χ2n) is 6.01. The van der Waals surface area contributed by atoms with Gasteiger partial charge in [-0.25, -0.2) is 4.79 Å². The van der Waals surface area contributed by atoms with Gasteiger partial charge in [-0.3, -0.25) is 0 Å². The van der Waals surface area contributed by atoms with E-state index >= 15 is 0 Å². The summed E-state index contributed by atoms with van der Waals surface area (Å²) in [6.07, 6.45) is 2.82. The molecule has 0 unspecified atom stereocenters. The van der Waals surface area contributed by atoms with Gasteiger partial charge in [-0.2, -0.15) is 0 Å². The lowest BCUT2D eigenvalue weighted by Gasteiger charge is -2.35. The zero-order valence-corrected chi connectivity index (χ0v) is 13.2. The average Bonchev–Trinajstić information content (AvgIpc) is 2.34. The van der Waals surface area contributed by atoms with Crippen LogP contribution in [-0.2, 0) is 0 Å². The zero-order chi connectivity index (χ0) is 14.4. The third-order valence-electron chi connectivity index (χ3n) is 3.54. The van der Waals surface area contributed by atoms with Crippen LogP contribution < -0.4 is 5.73 Å². The third kappa shape index (κ3) is 5.76. The fourth-order valence-corrected chi connectivity index (χ4v) is 2.44. The van der Waals surface area contributed by atoms with E-state index in [4.69, 9.17) is 18.0 Å². The molecule has 0 aliphatic carbocycles. The van der Waals surface area contributed by atoms with Gasteiger partial charge in [0.15, 0.2) is 0 Å². The maximum Gasteiger partial charge on any atom is 0.320 e. The topological polar surface area (TPSA) is 49.6 Å². The van der Waals surface area contributed by atoms with Gasteiger partial charge >= 0.3 is 6.03 Å². The highest BCUT2D eigenvalue weighted by Gasteiger charge is 2.25. The van der Waals surface area contributed by atoms with Crippen molar-refractivity contribution < 1.29 is 4.79 Å². The number of urea groups is 1. The van der Waals surface area contributed by atoms with Gasteiger partial charge in [0.05, 0.1) is 4.99 Å². The van der Waals surface area contributed by atoms with E-state index < -0.39 is 0 Å².